The van der Waals surface area contributed by atoms with Crippen LogP contribution in [0.2, 0.25) is 0 Å². The van der Waals surface area contributed by atoms with Gasteiger partial charge in [-0.2, -0.15) is 0 Å². The molecule has 0 bridgehead atoms. The number of nitrogens with one attached hydrogen (secondary N) is 1. The molecule has 20 heavy (non-hydrogen) atoms. The average molecular weight is 278 g/mol. The van der Waals surface area contributed by atoms with Crippen LogP contribution in [0, 0.1) is 11.8 Å². The Bertz CT molecular complexity index is 253. The Morgan fingerprint density at radius 2 is 1.55 bits per heavy atom. The van der Waals surface area contributed by atoms with Crippen LogP contribution in [-0.2, 0) is 0 Å². The van der Waals surface area contributed by atoms with Crippen LogP contribution in [0.5, 0.6) is 0 Å². The number of hydrogen-bond acceptors (Lipinski definition) is 2. The third-order valence-corrected chi connectivity index (χ3v) is 6.01. The second-order valence-corrected chi connectivity index (χ2v) is 7.72. The van der Waals surface area contributed by atoms with Crippen LogP contribution in [0.3, 0.4) is 0 Å². The van der Waals surface area contributed by atoms with Crippen molar-refractivity contribution in [1.29, 1.82) is 0 Å². The summed E-state index contributed by atoms with van der Waals surface area (Å²) in [7, 11) is 0. The lowest BCUT2D eigenvalue weighted by Gasteiger charge is -2.40. The average Bonchev–Trinajstić information content (AvgIpc) is 3.12. The van der Waals surface area contributed by atoms with Gasteiger partial charge in [-0.15, -0.1) is 0 Å². The molecule has 2 unspecified atom stereocenters. The van der Waals surface area contributed by atoms with Gasteiger partial charge in [0.25, 0.3) is 0 Å². The standard InChI is InChI=1S/C18H34N2/c1-2-15-11-18(19-17-9-5-6-10-17)14-20(12-15)13-16-7-3-4-8-16/h15-19H,2-14H2,1H3. The van der Waals surface area contributed by atoms with Gasteiger partial charge in [-0.05, 0) is 43.9 Å². The molecule has 3 fully saturated rings. The van der Waals surface area contributed by atoms with Crippen molar-refractivity contribution in [3.8, 4) is 0 Å². The first-order valence-corrected chi connectivity index (χ1v) is 9.32. The van der Waals surface area contributed by atoms with E-state index in [-0.39, 0.29) is 0 Å². The van der Waals surface area contributed by atoms with Gasteiger partial charge in [-0.3, -0.25) is 0 Å². The molecule has 2 nitrogen and oxygen atoms in total. The van der Waals surface area contributed by atoms with Crippen LogP contribution in [0.25, 0.3) is 0 Å². The van der Waals surface area contributed by atoms with E-state index in [0.717, 1.165) is 23.9 Å². The SMILES string of the molecule is CCC1CC(NC2CCCC2)CN(CC2CCCC2)C1. The van der Waals surface area contributed by atoms with Gasteiger partial charge < -0.3 is 10.2 Å². The molecule has 1 aliphatic heterocycles. The van der Waals surface area contributed by atoms with Crippen molar-refractivity contribution in [3.63, 3.8) is 0 Å². The van der Waals surface area contributed by atoms with Gasteiger partial charge in [0.05, 0.1) is 0 Å². The molecule has 3 rings (SSSR count). The number of likely N-dealkylation sites (tertiary alicyclic amines) is 1. The maximum atomic E-state index is 4.00. The summed E-state index contributed by atoms with van der Waals surface area (Å²) in [6.45, 7) is 6.47. The first-order chi connectivity index (χ1) is 9.83. The molecule has 0 aromatic rings. The van der Waals surface area contributed by atoms with Crippen molar-refractivity contribution in [2.24, 2.45) is 11.8 Å². The molecule has 116 valence electrons. The first kappa shape index (κ1) is 14.8. The van der Waals surface area contributed by atoms with Gasteiger partial charge in [0.2, 0.25) is 0 Å². The molecule has 1 N–H and O–H groups in total. The molecule has 0 radical (unpaired) electrons. The zero-order valence-electron chi connectivity index (χ0n) is 13.4. The quantitative estimate of drug-likeness (QED) is 0.822. The van der Waals surface area contributed by atoms with Crippen molar-refractivity contribution in [1.82, 2.24) is 10.2 Å². The number of nitrogens with zero attached hydrogens (tertiary/aromatic N) is 1. The Hall–Kier alpha value is -0.0800. The number of rotatable bonds is 5. The number of piperidine rings is 1. The van der Waals surface area contributed by atoms with E-state index in [0.29, 0.717) is 0 Å². The Labute approximate surface area is 125 Å². The van der Waals surface area contributed by atoms with Crippen LogP contribution in [0.1, 0.15) is 71.1 Å². The Morgan fingerprint density at radius 1 is 0.850 bits per heavy atom. The van der Waals surface area contributed by atoms with Crippen molar-refractivity contribution in [2.45, 2.75) is 83.2 Å². The van der Waals surface area contributed by atoms with E-state index in [2.05, 4.69) is 17.1 Å². The molecule has 0 amide bonds. The first-order valence-electron chi connectivity index (χ1n) is 9.32. The smallest absolute Gasteiger partial charge is 0.0200 e. The molecule has 1 saturated heterocycles. The highest BCUT2D eigenvalue weighted by molar-refractivity contribution is 4.88. The van der Waals surface area contributed by atoms with E-state index in [4.69, 9.17) is 0 Å². The highest BCUT2D eigenvalue weighted by atomic mass is 15.2. The summed E-state index contributed by atoms with van der Waals surface area (Å²) in [5.41, 5.74) is 0. The summed E-state index contributed by atoms with van der Waals surface area (Å²) in [6.07, 6.45) is 14.5. The van der Waals surface area contributed by atoms with Gasteiger partial charge in [-0.1, -0.05) is 39.0 Å². The van der Waals surface area contributed by atoms with E-state index < -0.39 is 0 Å². The lowest BCUT2D eigenvalue weighted by Crippen LogP contribution is -2.52. The van der Waals surface area contributed by atoms with E-state index >= 15 is 0 Å². The highest BCUT2D eigenvalue weighted by Crippen LogP contribution is 2.29. The van der Waals surface area contributed by atoms with E-state index in [9.17, 15) is 0 Å². The summed E-state index contributed by atoms with van der Waals surface area (Å²) < 4.78 is 0. The minimum atomic E-state index is 0.776. The molecule has 0 aromatic heterocycles. The second kappa shape index (κ2) is 7.26. The van der Waals surface area contributed by atoms with Crippen molar-refractivity contribution in [2.75, 3.05) is 19.6 Å². The van der Waals surface area contributed by atoms with Crippen LogP contribution in [0.15, 0.2) is 0 Å². The lowest BCUT2D eigenvalue weighted by atomic mass is 9.90. The Balaban J connectivity index is 1.50. The molecule has 2 atom stereocenters. The molecule has 2 aliphatic carbocycles. The van der Waals surface area contributed by atoms with Crippen molar-refractivity contribution >= 4 is 0 Å². The van der Waals surface area contributed by atoms with E-state index in [1.54, 1.807) is 0 Å². The predicted molar refractivity (Wildman–Crippen MR) is 86.0 cm³/mol. The fourth-order valence-electron chi connectivity index (χ4n) is 4.85. The molecule has 2 saturated carbocycles. The third kappa shape index (κ3) is 3.98. The fraction of sp³-hybridized carbons (Fsp3) is 1.00. The summed E-state index contributed by atoms with van der Waals surface area (Å²) in [5, 5.41) is 4.00. The van der Waals surface area contributed by atoms with Crippen LogP contribution in [-0.4, -0.2) is 36.6 Å². The monoisotopic (exact) mass is 278 g/mol. The topological polar surface area (TPSA) is 15.3 Å². The largest absolute Gasteiger partial charge is 0.310 e. The zero-order chi connectivity index (χ0) is 13.8. The summed E-state index contributed by atoms with van der Waals surface area (Å²) in [5.74, 6) is 1.95. The van der Waals surface area contributed by atoms with Gasteiger partial charge in [0.15, 0.2) is 0 Å². The number of hydrogen-bond donors (Lipinski definition) is 1. The minimum Gasteiger partial charge on any atom is -0.310 e. The molecule has 1 heterocycles. The summed E-state index contributed by atoms with van der Waals surface area (Å²) in [4.78, 5) is 2.81. The molecular weight excluding hydrogens is 244 g/mol. The molecule has 3 aliphatic rings. The van der Waals surface area contributed by atoms with Crippen LogP contribution < -0.4 is 5.32 Å². The van der Waals surface area contributed by atoms with E-state index in [1.807, 2.05) is 0 Å². The molecule has 0 aromatic carbocycles. The van der Waals surface area contributed by atoms with E-state index in [1.165, 1.54) is 83.8 Å². The normalized spacial score (nSPS) is 34.0. The van der Waals surface area contributed by atoms with Crippen LogP contribution in [0.4, 0.5) is 0 Å². The maximum Gasteiger partial charge on any atom is 0.0200 e. The van der Waals surface area contributed by atoms with Gasteiger partial charge >= 0.3 is 0 Å². The molecule has 2 heteroatoms. The zero-order valence-corrected chi connectivity index (χ0v) is 13.4. The third-order valence-electron chi connectivity index (χ3n) is 6.01. The minimum absolute atomic E-state index is 0.776. The Kier molecular flexibility index (Phi) is 5.39. The van der Waals surface area contributed by atoms with Gasteiger partial charge in [-0.25, -0.2) is 0 Å². The molecular formula is C18H34N2. The summed E-state index contributed by atoms with van der Waals surface area (Å²) >= 11 is 0. The van der Waals surface area contributed by atoms with Crippen molar-refractivity contribution in [3.05, 3.63) is 0 Å². The predicted octanol–water partition coefficient (Wildman–Crippen LogP) is 3.81. The van der Waals surface area contributed by atoms with Crippen molar-refractivity contribution < 1.29 is 0 Å². The Morgan fingerprint density at radius 3 is 2.25 bits per heavy atom. The molecule has 0 spiro atoms. The lowest BCUT2D eigenvalue weighted by molar-refractivity contribution is 0.116. The van der Waals surface area contributed by atoms with Gasteiger partial charge in [0, 0.05) is 31.7 Å². The second-order valence-electron chi connectivity index (χ2n) is 7.72. The van der Waals surface area contributed by atoms with Gasteiger partial charge in [0.1, 0.15) is 0 Å². The maximum absolute atomic E-state index is 4.00. The highest BCUT2D eigenvalue weighted by Gasteiger charge is 2.30. The fourth-order valence-corrected chi connectivity index (χ4v) is 4.85. The van der Waals surface area contributed by atoms with Crippen LogP contribution >= 0.6 is 0 Å². The summed E-state index contributed by atoms with van der Waals surface area (Å²) in [6, 6.07) is 1.61.